The van der Waals surface area contributed by atoms with E-state index in [9.17, 15) is 0 Å². The molecule has 0 unspecified atom stereocenters. The molecule has 6 nitrogen and oxygen atoms in total. The number of hydrogen-bond acceptors (Lipinski definition) is 6. The molecule has 1 saturated heterocycles. The maximum Gasteiger partial charge on any atom is 0.247 e. The normalized spacial score (nSPS) is 16.0. The van der Waals surface area contributed by atoms with Crippen molar-refractivity contribution in [3.8, 4) is 11.5 Å². The van der Waals surface area contributed by atoms with Gasteiger partial charge in [0.15, 0.2) is 0 Å². The average molecular weight is 414 g/mol. The van der Waals surface area contributed by atoms with E-state index in [4.69, 9.17) is 4.42 Å². The van der Waals surface area contributed by atoms with Crippen molar-refractivity contribution >= 4 is 15.9 Å². The molecule has 0 N–H and O–H groups in total. The summed E-state index contributed by atoms with van der Waals surface area (Å²) >= 11 is 3.43. The monoisotopic (exact) mass is 413 g/mol. The number of pyridine rings is 1. The summed E-state index contributed by atoms with van der Waals surface area (Å²) in [4.78, 5) is 9.19. The molecule has 0 radical (unpaired) electrons. The van der Waals surface area contributed by atoms with Gasteiger partial charge in [0, 0.05) is 49.0 Å². The minimum absolute atomic E-state index is 0.571. The topological polar surface area (TPSA) is 58.3 Å². The molecule has 3 aromatic rings. The fourth-order valence-corrected chi connectivity index (χ4v) is 3.31. The van der Waals surface area contributed by atoms with Crippen LogP contribution in [0.4, 0.5) is 0 Å². The zero-order valence-corrected chi connectivity index (χ0v) is 16.0. The van der Waals surface area contributed by atoms with Crippen LogP contribution in [0.25, 0.3) is 11.5 Å². The maximum atomic E-state index is 5.83. The number of halogens is 1. The smallest absolute Gasteiger partial charge is 0.247 e. The van der Waals surface area contributed by atoms with Crippen LogP contribution in [0.2, 0.25) is 0 Å². The molecule has 1 fully saturated rings. The molecule has 0 atom stereocenters. The van der Waals surface area contributed by atoms with Gasteiger partial charge in [-0.1, -0.05) is 22.0 Å². The van der Waals surface area contributed by atoms with Crippen molar-refractivity contribution in [3.63, 3.8) is 0 Å². The Labute approximate surface area is 161 Å². The molecule has 7 heteroatoms. The molecular weight excluding hydrogens is 394 g/mol. The van der Waals surface area contributed by atoms with Gasteiger partial charge in [-0.05, 0) is 36.4 Å². The largest absolute Gasteiger partial charge is 0.419 e. The molecule has 0 spiro atoms. The first-order valence-electron chi connectivity index (χ1n) is 8.69. The molecule has 0 amide bonds. The molecule has 2 aromatic heterocycles. The van der Waals surface area contributed by atoms with Gasteiger partial charge in [0.25, 0.3) is 0 Å². The van der Waals surface area contributed by atoms with Crippen LogP contribution in [0.15, 0.2) is 57.6 Å². The highest BCUT2D eigenvalue weighted by Gasteiger charge is 2.19. The van der Waals surface area contributed by atoms with Gasteiger partial charge in [0.2, 0.25) is 11.8 Å². The Balaban J connectivity index is 1.30. The highest BCUT2D eigenvalue weighted by Crippen LogP contribution is 2.21. The van der Waals surface area contributed by atoms with Crippen LogP contribution in [0, 0.1) is 0 Å². The highest BCUT2D eigenvalue weighted by molar-refractivity contribution is 9.10. The summed E-state index contributed by atoms with van der Waals surface area (Å²) in [7, 11) is 0. The van der Waals surface area contributed by atoms with E-state index in [1.165, 1.54) is 0 Å². The summed E-state index contributed by atoms with van der Waals surface area (Å²) in [6, 6.07) is 14.0. The fourth-order valence-electron chi connectivity index (χ4n) is 3.04. The number of nitrogens with zero attached hydrogens (tertiary/aromatic N) is 5. The molecule has 0 aliphatic carbocycles. The summed E-state index contributed by atoms with van der Waals surface area (Å²) < 4.78 is 6.86. The second-order valence-corrected chi connectivity index (χ2v) is 7.30. The zero-order valence-electron chi connectivity index (χ0n) is 14.4. The van der Waals surface area contributed by atoms with Crippen molar-refractivity contribution in [2.45, 2.75) is 13.1 Å². The Morgan fingerprint density at radius 1 is 0.885 bits per heavy atom. The fraction of sp³-hybridized carbons (Fsp3) is 0.316. The first-order valence-corrected chi connectivity index (χ1v) is 9.48. The van der Waals surface area contributed by atoms with E-state index < -0.39 is 0 Å². The number of piperazine rings is 1. The Kier molecular flexibility index (Phi) is 5.38. The molecular formula is C19H20BrN5O. The Morgan fingerprint density at radius 3 is 2.31 bits per heavy atom. The maximum absolute atomic E-state index is 5.83. The second-order valence-electron chi connectivity index (χ2n) is 6.38. The standard InChI is InChI=1S/C19H20BrN5O/c20-16-6-4-15(5-7-16)19-23-22-18(26-19)14-25-11-9-24(10-12-25)13-17-3-1-2-8-21-17/h1-8H,9-14H2. The van der Waals surface area contributed by atoms with E-state index in [2.05, 4.69) is 47.0 Å². The van der Waals surface area contributed by atoms with Gasteiger partial charge >= 0.3 is 0 Å². The van der Waals surface area contributed by atoms with E-state index in [-0.39, 0.29) is 0 Å². The first-order chi connectivity index (χ1) is 12.8. The van der Waals surface area contributed by atoms with E-state index >= 15 is 0 Å². The lowest BCUT2D eigenvalue weighted by Gasteiger charge is -2.33. The molecule has 1 aliphatic heterocycles. The average Bonchev–Trinajstić information content (AvgIpc) is 3.13. The number of benzene rings is 1. The van der Waals surface area contributed by atoms with Gasteiger partial charge in [0.05, 0.1) is 12.2 Å². The van der Waals surface area contributed by atoms with Crippen LogP contribution in [0.1, 0.15) is 11.6 Å². The predicted molar refractivity (Wildman–Crippen MR) is 102 cm³/mol. The first kappa shape index (κ1) is 17.3. The Morgan fingerprint density at radius 2 is 1.62 bits per heavy atom. The SMILES string of the molecule is Brc1ccc(-c2nnc(CN3CCN(Cc4ccccn4)CC3)o2)cc1. The molecule has 134 valence electrons. The van der Waals surface area contributed by atoms with Crippen LogP contribution in [0.5, 0.6) is 0 Å². The van der Waals surface area contributed by atoms with Crippen LogP contribution >= 0.6 is 15.9 Å². The van der Waals surface area contributed by atoms with Crippen LogP contribution < -0.4 is 0 Å². The van der Waals surface area contributed by atoms with E-state index in [1.54, 1.807) is 0 Å². The lowest BCUT2D eigenvalue weighted by molar-refractivity contribution is 0.113. The molecule has 1 aromatic carbocycles. The Bertz CT molecular complexity index is 829. The van der Waals surface area contributed by atoms with Crippen molar-refractivity contribution in [2.24, 2.45) is 0 Å². The lowest BCUT2D eigenvalue weighted by Crippen LogP contribution is -2.45. The summed E-state index contributed by atoms with van der Waals surface area (Å²) in [5.41, 5.74) is 2.06. The third kappa shape index (κ3) is 4.35. The van der Waals surface area contributed by atoms with Crippen LogP contribution in [-0.4, -0.2) is 51.2 Å². The van der Waals surface area contributed by atoms with Crippen molar-refractivity contribution in [1.82, 2.24) is 25.0 Å². The van der Waals surface area contributed by atoms with Gasteiger partial charge < -0.3 is 4.42 Å². The van der Waals surface area contributed by atoms with Gasteiger partial charge in [0.1, 0.15) is 0 Å². The van der Waals surface area contributed by atoms with Gasteiger partial charge in [-0.15, -0.1) is 10.2 Å². The third-order valence-electron chi connectivity index (χ3n) is 4.49. The lowest BCUT2D eigenvalue weighted by atomic mass is 10.2. The molecule has 4 rings (SSSR count). The molecule has 3 heterocycles. The molecule has 1 aliphatic rings. The third-order valence-corrected chi connectivity index (χ3v) is 5.02. The van der Waals surface area contributed by atoms with Crippen molar-refractivity contribution in [1.29, 1.82) is 0 Å². The van der Waals surface area contributed by atoms with Gasteiger partial charge in [-0.3, -0.25) is 14.8 Å². The minimum Gasteiger partial charge on any atom is -0.419 e. The van der Waals surface area contributed by atoms with Crippen LogP contribution in [-0.2, 0) is 13.1 Å². The number of hydrogen-bond donors (Lipinski definition) is 0. The minimum atomic E-state index is 0.571. The van der Waals surface area contributed by atoms with E-state index in [0.29, 0.717) is 18.3 Å². The number of aromatic nitrogens is 3. The van der Waals surface area contributed by atoms with Crippen LogP contribution in [0.3, 0.4) is 0 Å². The van der Waals surface area contributed by atoms with E-state index in [0.717, 1.165) is 48.5 Å². The molecule has 0 saturated carbocycles. The second kappa shape index (κ2) is 8.07. The van der Waals surface area contributed by atoms with Gasteiger partial charge in [-0.25, -0.2) is 0 Å². The summed E-state index contributed by atoms with van der Waals surface area (Å²) in [6.45, 7) is 5.62. The van der Waals surface area contributed by atoms with Crippen molar-refractivity contribution in [3.05, 3.63) is 64.7 Å². The zero-order chi connectivity index (χ0) is 17.8. The summed E-state index contributed by atoms with van der Waals surface area (Å²) in [5, 5.41) is 8.38. The Hall–Kier alpha value is -2.09. The number of rotatable bonds is 5. The highest BCUT2D eigenvalue weighted by atomic mass is 79.9. The van der Waals surface area contributed by atoms with Crippen molar-refractivity contribution in [2.75, 3.05) is 26.2 Å². The quantitative estimate of drug-likeness (QED) is 0.639. The molecule has 0 bridgehead atoms. The van der Waals surface area contributed by atoms with E-state index in [1.807, 2.05) is 42.6 Å². The summed E-state index contributed by atoms with van der Waals surface area (Å²) in [6.07, 6.45) is 1.85. The molecule has 26 heavy (non-hydrogen) atoms. The predicted octanol–water partition coefficient (Wildman–Crippen LogP) is 3.21. The van der Waals surface area contributed by atoms with Crippen molar-refractivity contribution < 1.29 is 4.42 Å². The van der Waals surface area contributed by atoms with Gasteiger partial charge in [-0.2, -0.15) is 0 Å². The summed E-state index contributed by atoms with van der Waals surface area (Å²) in [5.74, 6) is 1.24.